The number of likely N-dealkylation sites (tertiary alicyclic amines) is 1. The van der Waals surface area contributed by atoms with Gasteiger partial charge in [0, 0.05) is 27.2 Å². The first kappa shape index (κ1) is 17.2. The fourth-order valence-electron chi connectivity index (χ4n) is 2.62. The number of piperidine rings is 1. The number of halogens is 2. The zero-order chi connectivity index (χ0) is 15.2. The topological polar surface area (TPSA) is 32.3 Å². The second-order valence-electron chi connectivity index (χ2n) is 5.57. The Morgan fingerprint density at radius 3 is 2.81 bits per heavy atom. The maximum Gasteiger partial charge on any atom is 0.252 e. The number of nitrogens with one attached hydrogen (secondary N) is 1. The average Bonchev–Trinajstić information content (AvgIpc) is 2.49. The van der Waals surface area contributed by atoms with Crippen molar-refractivity contribution in [3.05, 3.63) is 31.8 Å². The lowest BCUT2D eigenvalue weighted by atomic mass is 10.0. The van der Waals surface area contributed by atoms with Gasteiger partial charge in [-0.2, -0.15) is 0 Å². The maximum absolute atomic E-state index is 12.4. The molecule has 1 saturated heterocycles. The van der Waals surface area contributed by atoms with Gasteiger partial charge in [0.2, 0.25) is 0 Å². The molecule has 3 nitrogen and oxygen atoms in total. The molecular formula is C16H22BrIN2O. The van der Waals surface area contributed by atoms with Crippen LogP contribution in [0.25, 0.3) is 0 Å². The molecule has 1 aliphatic rings. The van der Waals surface area contributed by atoms with Crippen molar-refractivity contribution in [2.24, 2.45) is 0 Å². The number of hydrogen-bond donors (Lipinski definition) is 1. The third-order valence-electron chi connectivity index (χ3n) is 3.92. The SMILES string of the molecule is CCCCN1CCC(NC(=O)c2cc(Br)ccc2I)CC1. The van der Waals surface area contributed by atoms with Crippen molar-refractivity contribution in [1.82, 2.24) is 10.2 Å². The van der Waals surface area contributed by atoms with E-state index in [2.05, 4.69) is 55.7 Å². The lowest BCUT2D eigenvalue weighted by Gasteiger charge is -2.32. The number of amides is 1. The molecule has 0 bridgehead atoms. The Morgan fingerprint density at radius 1 is 1.43 bits per heavy atom. The highest BCUT2D eigenvalue weighted by Gasteiger charge is 2.21. The van der Waals surface area contributed by atoms with Gasteiger partial charge in [-0.25, -0.2) is 0 Å². The Balaban J connectivity index is 1.85. The van der Waals surface area contributed by atoms with E-state index in [1.54, 1.807) is 0 Å². The molecule has 116 valence electrons. The second-order valence-corrected chi connectivity index (χ2v) is 7.64. The van der Waals surface area contributed by atoms with E-state index in [0.717, 1.165) is 39.5 Å². The molecule has 0 saturated carbocycles. The van der Waals surface area contributed by atoms with Crippen molar-refractivity contribution in [3.63, 3.8) is 0 Å². The van der Waals surface area contributed by atoms with Crippen LogP contribution in [0.1, 0.15) is 43.0 Å². The highest BCUT2D eigenvalue weighted by Crippen LogP contribution is 2.19. The van der Waals surface area contributed by atoms with Gasteiger partial charge >= 0.3 is 0 Å². The van der Waals surface area contributed by atoms with E-state index >= 15 is 0 Å². The summed E-state index contributed by atoms with van der Waals surface area (Å²) in [4.78, 5) is 14.9. The fraction of sp³-hybridized carbons (Fsp3) is 0.562. The molecule has 0 radical (unpaired) electrons. The van der Waals surface area contributed by atoms with E-state index in [-0.39, 0.29) is 5.91 Å². The summed E-state index contributed by atoms with van der Waals surface area (Å²) in [7, 11) is 0. The zero-order valence-electron chi connectivity index (χ0n) is 12.4. The minimum Gasteiger partial charge on any atom is -0.349 e. The lowest BCUT2D eigenvalue weighted by Crippen LogP contribution is -2.45. The molecule has 1 N–H and O–H groups in total. The predicted molar refractivity (Wildman–Crippen MR) is 98.7 cm³/mol. The zero-order valence-corrected chi connectivity index (χ0v) is 16.1. The van der Waals surface area contributed by atoms with Gasteiger partial charge in [0.15, 0.2) is 0 Å². The molecular weight excluding hydrogens is 443 g/mol. The molecule has 1 aromatic rings. The first-order valence-corrected chi connectivity index (χ1v) is 9.45. The first-order valence-electron chi connectivity index (χ1n) is 7.58. The number of unbranched alkanes of at least 4 members (excludes halogenated alkanes) is 1. The number of carbonyl (C=O) groups excluding carboxylic acids is 1. The molecule has 2 rings (SSSR count). The van der Waals surface area contributed by atoms with Gasteiger partial charge < -0.3 is 10.2 Å². The minimum absolute atomic E-state index is 0.0488. The Kier molecular flexibility index (Phi) is 6.95. The molecule has 0 atom stereocenters. The fourth-order valence-corrected chi connectivity index (χ4v) is 3.56. The van der Waals surface area contributed by atoms with E-state index in [1.807, 2.05) is 18.2 Å². The molecule has 1 fully saturated rings. The van der Waals surface area contributed by atoms with Gasteiger partial charge in [-0.05, 0) is 66.6 Å². The van der Waals surface area contributed by atoms with Crippen molar-refractivity contribution >= 4 is 44.4 Å². The average molecular weight is 465 g/mol. The van der Waals surface area contributed by atoms with Crippen LogP contribution in [-0.4, -0.2) is 36.5 Å². The number of hydrogen-bond acceptors (Lipinski definition) is 2. The molecule has 5 heteroatoms. The van der Waals surface area contributed by atoms with Crippen molar-refractivity contribution < 1.29 is 4.79 Å². The molecule has 1 aliphatic heterocycles. The minimum atomic E-state index is 0.0488. The van der Waals surface area contributed by atoms with Crippen LogP contribution in [0.2, 0.25) is 0 Å². The van der Waals surface area contributed by atoms with Gasteiger partial charge in [-0.1, -0.05) is 29.3 Å². The van der Waals surface area contributed by atoms with E-state index < -0.39 is 0 Å². The standard InChI is InChI=1S/C16H22BrIN2O/c1-2-3-8-20-9-6-13(7-10-20)19-16(21)14-11-12(17)4-5-15(14)18/h4-5,11,13H,2-3,6-10H2,1H3,(H,19,21). The molecule has 1 heterocycles. The van der Waals surface area contributed by atoms with Crippen molar-refractivity contribution in [2.75, 3.05) is 19.6 Å². The van der Waals surface area contributed by atoms with E-state index in [4.69, 9.17) is 0 Å². The molecule has 1 amide bonds. The highest BCUT2D eigenvalue weighted by atomic mass is 127. The normalized spacial score (nSPS) is 16.9. The summed E-state index contributed by atoms with van der Waals surface area (Å²) < 4.78 is 1.94. The second kappa shape index (κ2) is 8.48. The predicted octanol–water partition coefficient (Wildman–Crippen LogP) is 4.05. The van der Waals surface area contributed by atoms with Crippen molar-refractivity contribution in [3.8, 4) is 0 Å². The van der Waals surface area contributed by atoms with Gasteiger partial charge in [0.1, 0.15) is 0 Å². The number of carbonyl (C=O) groups is 1. The van der Waals surface area contributed by atoms with Gasteiger partial charge in [-0.3, -0.25) is 4.79 Å². The van der Waals surface area contributed by atoms with Crippen molar-refractivity contribution in [2.45, 2.75) is 38.6 Å². The summed E-state index contributed by atoms with van der Waals surface area (Å²) in [5.74, 6) is 0.0488. The monoisotopic (exact) mass is 464 g/mol. The third-order valence-corrected chi connectivity index (χ3v) is 5.36. The summed E-state index contributed by atoms with van der Waals surface area (Å²) >= 11 is 5.65. The van der Waals surface area contributed by atoms with Crippen LogP contribution in [0, 0.1) is 3.57 Å². The van der Waals surface area contributed by atoms with Gasteiger partial charge in [-0.15, -0.1) is 0 Å². The summed E-state index contributed by atoms with van der Waals surface area (Å²) in [6, 6.07) is 6.13. The van der Waals surface area contributed by atoms with E-state index in [1.165, 1.54) is 19.4 Å². The van der Waals surface area contributed by atoms with Crippen molar-refractivity contribution in [1.29, 1.82) is 0 Å². The third kappa shape index (κ3) is 5.21. The highest BCUT2D eigenvalue weighted by molar-refractivity contribution is 14.1. The summed E-state index contributed by atoms with van der Waals surface area (Å²) in [5.41, 5.74) is 0.762. The van der Waals surface area contributed by atoms with Crippen LogP contribution < -0.4 is 5.32 Å². The summed E-state index contributed by atoms with van der Waals surface area (Å²) in [6.45, 7) is 5.62. The molecule has 0 unspecified atom stereocenters. The molecule has 21 heavy (non-hydrogen) atoms. The maximum atomic E-state index is 12.4. The smallest absolute Gasteiger partial charge is 0.252 e. The van der Waals surface area contributed by atoms with Crippen LogP contribution in [0.15, 0.2) is 22.7 Å². The van der Waals surface area contributed by atoms with Gasteiger partial charge in [0.05, 0.1) is 5.56 Å². The number of nitrogens with zero attached hydrogens (tertiary/aromatic N) is 1. The molecule has 0 spiro atoms. The Morgan fingerprint density at radius 2 is 2.14 bits per heavy atom. The quantitative estimate of drug-likeness (QED) is 0.666. The number of rotatable bonds is 5. The molecule has 1 aromatic carbocycles. The first-order chi connectivity index (χ1) is 10.1. The van der Waals surface area contributed by atoms with E-state index in [9.17, 15) is 4.79 Å². The molecule has 0 aromatic heterocycles. The van der Waals surface area contributed by atoms with Crippen LogP contribution >= 0.6 is 38.5 Å². The van der Waals surface area contributed by atoms with Crippen LogP contribution in [-0.2, 0) is 0 Å². The Hall–Kier alpha value is -0.140. The Bertz CT molecular complexity index is 487. The van der Waals surface area contributed by atoms with Crippen LogP contribution in [0.3, 0.4) is 0 Å². The van der Waals surface area contributed by atoms with Crippen LogP contribution in [0.5, 0.6) is 0 Å². The molecule has 0 aliphatic carbocycles. The Labute approximate surface area is 149 Å². The largest absolute Gasteiger partial charge is 0.349 e. The summed E-state index contributed by atoms with van der Waals surface area (Å²) in [5, 5.41) is 3.19. The van der Waals surface area contributed by atoms with Gasteiger partial charge in [0.25, 0.3) is 5.91 Å². The lowest BCUT2D eigenvalue weighted by molar-refractivity contribution is 0.0910. The van der Waals surface area contributed by atoms with Crippen LogP contribution in [0.4, 0.5) is 0 Å². The number of benzene rings is 1. The van der Waals surface area contributed by atoms with E-state index in [0.29, 0.717) is 6.04 Å². The summed E-state index contributed by atoms with van der Waals surface area (Å²) in [6.07, 6.45) is 4.63.